The Kier molecular flexibility index (Phi) is 2.93. The Morgan fingerprint density at radius 3 is 2.50 bits per heavy atom. The molecule has 0 saturated heterocycles. The first-order valence-electron chi connectivity index (χ1n) is 4.38. The normalized spacial score (nSPS) is 10.4. The number of aryl methyl sites for hydroxylation is 1. The second kappa shape index (κ2) is 4.19. The molecule has 2 rings (SSSR count). The third-order valence-electron chi connectivity index (χ3n) is 2.01. The minimum Gasteiger partial charge on any atom is -0.209 e. The van der Waals surface area contributed by atoms with Gasteiger partial charge in [-0.15, -0.1) is 0 Å². The van der Waals surface area contributed by atoms with Crippen LogP contribution in [0, 0.1) is 0 Å². The van der Waals surface area contributed by atoms with Crippen LogP contribution in [0.25, 0.3) is 10.6 Å². The molecule has 0 spiro atoms. The molecule has 4 heteroatoms. The lowest BCUT2D eigenvalue weighted by Crippen LogP contribution is -1.80. The van der Waals surface area contributed by atoms with E-state index in [1.54, 1.807) is 0 Å². The average molecular weight is 269 g/mol. The first kappa shape index (κ1) is 9.80. The zero-order valence-corrected chi connectivity index (χ0v) is 10.1. The summed E-state index contributed by atoms with van der Waals surface area (Å²) in [6.45, 7) is 2.15. The van der Waals surface area contributed by atoms with E-state index in [9.17, 15) is 0 Å². The van der Waals surface area contributed by atoms with Gasteiger partial charge in [0.2, 0.25) is 4.73 Å². The fraction of sp³-hybridized carbons (Fsp3) is 0.200. The summed E-state index contributed by atoms with van der Waals surface area (Å²) >= 11 is 4.65. The Hall–Kier alpha value is -0.740. The Balaban J connectivity index is 2.33. The van der Waals surface area contributed by atoms with Gasteiger partial charge in [0.15, 0.2) is 0 Å². The molecule has 2 aromatic rings. The van der Waals surface area contributed by atoms with Gasteiger partial charge in [0.25, 0.3) is 0 Å². The third-order valence-corrected chi connectivity index (χ3v) is 3.36. The van der Waals surface area contributed by atoms with Gasteiger partial charge in [0, 0.05) is 5.56 Å². The molecule has 0 saturated carbocycles. The maximum absolute atomic E-state index is 4.26. The minimum absolute atomic E-state index is 0.664. The molecular weight excluding hydrogens is 260 g/mol. The van der Waals surface area contributed by atoms with Gasteiger partial charge in [0.05, 0.1) is 0 Å². The molecule has 0 unspecified atom stereocenters. The summed E-state index contributed by atoms with van der Waals surface area (Å²) in [4.78, 5) is 4.26. The van der Waals surface area contributed by atoms with Crippen molar-refractivity contribution in [2.45, 2.75) is 13.3 Å². The molecule has 0 aliphatic heterocycles. The molecule has 1 aromatic carbocycles. The summed E-state index contributed by atoms with van der Waals surface area (Å²) in [6.07, 6.45) is 1.07. The van der Waals surface area contributed by atoms with Crippen LogP contribution in [-0.4, -0.2) is 9.36 Å². The van der Waals surface area contributed by atoms with Crippen molar-refractivity contribution in [3.63, 3.8) is 0 Å². The van der Waals surface area contributed by atoms with Crippen LogP contribution in [0.3, 0.4) is 0 Å². The first-order chi connectivity index (χ1) is 6.79. The number of hydrogen-bond donors (Lipinski definition) is 0. The second-order valence-electron chi connectivity index (χ2n) is 2.92. The van der Waals surface area contributed by atoms with Crippen molar-refractivity contribution in [2.75, 3.05) is 0 Å². The van der Waals surface area contributed by atoms with E-state index in [-0.39, 0.29) is 0 Å². The van der Waals surface area contributed by atoms with E-state index in [1.165, 1.54) is 17.1 Å². The van der Waals surface area contributed by atoms with Crippen LogP contribution in [0.5, 0.6) is 0 Å². The number of aromatic nitrogens is 2. The molecular formula is C10H9BrN2S. The predicted octanol–water partition coefficient (Wildman–Crippen LogP) is 3.53. The molecule has 0 N–H and O–H groups in total. The van der Waals surface area contributed by atoms with Gasteiger partial charge in [-0.05, 0) is 39.4 Å². The molecule has 0 amide bonds. The van der Waals surface area contributed by atoms with E-state index in [0.29, 0.717) is 4.73 Å². The van der Waals surface area contributed by atoms with E-state index in [4.69, 9.17) is 0 Å². The second-order valence-corrected chi connectivity index (χ2v) is 4.38. The van der Waals surface area contributed by atoms with Gasteiger partial charge in [-0.3, -0.25) is 0 Å². The average Bonchev–Trinajstić information content (AvgIpc) is 2.65. The Labute approximate surface area is 95.3 Å². The van der Waals surface area contributed by atoms with Crippen molar-refractivity contribution < 1.29 is 0 Å². The highest BCUT2D eigenvalue weighted by Crippen LogP contribution is 2.23. The van der Waals surface area contributed by atoms with Gasteiger partial charge < -0.3 is 0 Å². The van der Waals surface area contributed by atoms with Crippen molar-refractivity contribution >= 4 is 27.5 Å². The van der Waals surface area contributed by atoms with Gasteiger partial charge in [0.1, 0.15) is 5.01 Å². The molecule has 0 atom stereocenters. The van der Waals surface area contributed by atoms with Crippen molar-refractivity contribution in [1.82, 2.24) is 9.36 Å². The molecule has 72 valence electrons. The summed E-state index contributed by atoms with van der Waals surface area (Å²) in [6, 6.07) is 8.44. The van der Waals surface area contributed by atoms with Gasteiger partial charge in [-0.2, -0.15) is 4.37 Å². The molecule has 0 aliphatic rings. The number of hydrogen-bond acceptors (Lipinski definition) is 3. The fourth-order valence-corrected chi connectivity index (χ4v) is 2.29. The number of halogens is 1. The Morgan fingerprint density at radius 1 is 1.29 bits per heavy atom. The lowest BCUT2D eigenvalue weighted by molar-refractivity contribution is 1.14. The highest BCUT2D eigenvalue weighted by Gasteiger charge is 2.03. The van der Waals surface area contributed by atoms with E-state index in [1.807, 2.05) is 0 Å². The van der Waals surface area contributed by atoms with E-state index < -0.39 is 0 Å². The zero-order chi connectivity index (χ0) is 9.97. The van der Waals surface area contributed by atoms with E-state index in [2.05, 4.69) is 56.5 Å². The van der Waals surface area contributed by atoms with Crippen LogP contribution in [0.4, 0.5) is 0 Å². The smallest absolute Gasteiger partial charge is 0.209 e. The molecule has 0 aliphatic carbocycles. The Bertz CT molecular complexity index is 422. The van der Waals surface area contributed by atoms with Crippen molar-refractivity contribution in [3.05, 3.63) is 34.6 Å². The van der Waals surface area contributed by atoms with Crippen LogP contribution in [0.2, 0.25) is 0 Å². The number of nitrogens with zero attached hydrogens (tertiary/aromatic N) is 2. The monoisotopic (exact) mass is 268 g/mol. The van der Waals surface area contributed by atoms with Gasteiger partial charge in [-0.25, -0.2) is 4.98 Å². The number of benzene rings is 1. The van der Waals surface area contributed by atoms with Crippen molar-refractivity contribution in [1.29, 1.82) is 0 Å². The van der Waals surface area contributed by atoms with Crippen LogP contribution < -0.4 is 0 Å². The summed E-state index contributed by atoms with van der Waals surface area (Å²) in [5, 5.41) is 0.958. The molecule has 1 aromatic heterocycles. The maximum atomic E-state index is 4.26. The SMILES string of the molecule is CCc1ccc(-c2nc(Br)ns2)cc1. The maximum Gasteiger partial charge on any atom is 0.209 e. The van der Waals surface area contributed by atoms with Gasteiger partial charge in [-0.1, -0.05) is 31.2 Å². The largest absolute Gasteiger partial charge is 0.209 e. The molecule has 0 bridgehead atoms. The molecule has 14 heavy (non-hydrogen) atoms. The van der Waals surface area contributed by atoms with Crippen molar-refractivity contribution in [3.8, 4) is 10.6 Å². The van der Waals surface area contributed by atoms with Crippen LogP contribution >= 0.6 is 27.5 Å². The molecule has 2 nitrogen and oxygen atoms in total. The fourth-order valence-electron chi connectivity index (χ4n) is 1.21. The summed E-state index contributed by atoms with van der Waals surface area (Å²) in [5.41, 5.74) is 2.47. The zero-order valence-electron chi connectivity index (χ0n) is 7.70. The minimum atomic E-state index is 0.664. The van der Waals surface area contributed by atoms with Crippen LogP contribution in [0.15, 0.2) is 29.0 Å². The van der Waals surface area contributed by atoms with Gasteiger partial charge >= 0.3 is 0 Å². The molecule has 0 radical (unpaired) electrons. The molecule has 0 fully saturated rings. The predicted molar refractivity (Wildman–Crippen MR) is 62.4 cm³/mol. The van der Waals surface area contributed by atoms with E-state index >= 15 is 0 Å². The summed E-state index contributed by atoms with van der Waals surface area (Å²) in [5.74, 6) is 0. The lowest BCUT2D eigenvalue weighted by Gasteiger charge is -1.97. The topological polar surface area (TPSA) is 25.8 Å². The van der Waals surface area contributed by atoms with Crippen LogP contribution in [-0.2, 0) is 6.42 Å². The Morgan fingerprint density at radius 2 is 2.00 bits per heavy atom. The third kappa shape index (κ3) is 2.01. The summed E-state index contributed by atoms with van der Waals surface area (Å²) < 4.78 is 4.75. The quantitative estimate of drug-likeness (QED) is 0.833. The standard InChI is InChI=1S/C10H9BrN2S/c1-2-7-3-5-8(6-4-7)9-12-10(11)13-14-9/h3-6H,2H2,1H3. The lowest BCUT2D eigenvalue weighted by atomic mass is 10.1. The van der Waals surface area contributed by atoms with E-state index in [0.717, 1.165) is 17.0 Å². The molecule has 1 heterocycles. The van der Waals surface area contributed by atoms with Crippen molar-refractivity contribution in [2.24, 2.45) is 0 Å². The first-order valence-corrected chi connectivity index (χ1v) is 5.94. The highest BCUT2D eigenvalue weighted by molar-refractivity contribution is 9.10. The summed E-state index contributed by atoms with van der Waals surface area (Å²) in [7, 11) is 0. The number of rotatable bonds is 2. The highest BCUT2D eigenvalue weighted by atomic mass is 79.9. The van der Waals surface area contributed by atoms with Crippen LogP contribution in [0.1, 0.15) is 12.5 Å².